The van der Waals surface area contributed by atoms with Crippen molar-refractivity contribution in [1.82, 2.24) is 0 Å². The van der Waals surface area contributed by atoms with E-state index in [1.54, 1.807) is 7.11 Å². The summed E-state index contributed by atoms with van der Waals surface area (Å²) in [6.07, 6.45) is 9.54. The molecule has 0 unspecified atom stereocenters. The summed E-state index contributed by atoms with van der Waals surface area (Å²) in [5.41, 5.74) is 7.92. The summed E-state index contributed by atoms with van der Waals surface area (Å²) in [4.78, 5) is 0. The molecule has 1 nitrogen and oxygen atoms in total. The van der Waals surface area contributed by atoms with Gasteiger partial charge in [0.15, 0.2) is 0 Å². The van der Waals surface area contributed by atoms with Crippen LogP contribution in [0.1, 0.15) is 49.1 Å². The molecule has 1 aliphatic rings. The second kappa shape index (κ2) is 10.6. The molecule has 1 fully saturated rings. The van der Waals surface area contributed by atoms with E-state index in [9.17, 15) is 0 Å². The normalized spacial score (nSPS) is 18.6. The molecule has 0 bridgehead atoms. The molecule has 1 aliphatic carbocycles. The lowest BCUT2D eigenvalue weighted by Gasteiger charge is -2.28. The first-order valence-corrected chi connectivity index (χ1v) is 11.7. The van der Waals surface area contributed by atoms with Gasteiger partial charge in [-0.1, -0.05) is 78.9 Å². The molecule has 0 amide bonds. The first-order chi connectivity index (χ1) is 15.3. The Morgan fingerprint density at radius 3 is 1.71 bits per heavy atom. The average molecular weight is 411 g/mol. The van der Waals surface area contributed by atoms with E-state index >= 15 is 0 Å². The molecule has 0 saturated heterocycles. The molecule has 0 spiro atoms. The Morgan fingerprint density at radius 2 is 1.23 bits per heavy atom. The molecule has 160 valence electrons. The van der Waals surface area contributed by atoms with Crippen LogP contribution < -0.4 is 0 Å². The number of benzene rings is 3. The fourth-order valence-electron chi connectivity index (χ4n) is 4.85. The van der Waals surface area contributed by atoms with Gasteiger partial charge in [-0.3, -0.25) is 0 Å². The third-order valence-corrected chi connectivity index (χ3v) is 6.83. The predicted molar refractivity (Wildman–Crippen MR) is 132 cm³/mol. The zero-order valence-electron chi connectivity index (χ0n) is 18.7. The maximum absolute atomic E-state index is 5.17. The van der Waals surface area contributed by atoms with E-state index in [2.05, 4.69) is 85.5 Å². The van der Waals surface area contributed by atoms with Gasteiger partial charge in [-0.25, -0.2) is 0 Å². The average Bonchev–Trinajstić information content (AvgIpc) is 2.84. The highest BCUT2D eigenvalue weighted by molar-refractivity contribution is 5.70. The second-order valence-corrected chi connectivity index (χ2v) is 8.88. The van der Waals surface area contributed by atoms with Crippen molar-refractivity contribution in [3.8, 4) is 22.3 Å². The van der Waals surface area contributed by atoms with Gasteiger partial charge < -0.3 is 4.74 Å². The molecular weight excluding hydrogens is 376 g/mol. The SMILES string of the molecule is C=CCC1CCC(c2ccc(-c3ccc(-c4ccc(CCOC)cc4)cc3)cc2)CC1. The van der Waals surface area contributed by atoms with E-state index in [0.29, 0.717) is 0 Å². The van der Waals surface area contributed by atoms with Crippen LogP contribution in [-0.2, 0) is 11.2 Å². The second-order valence-electron chi connectivity index (χ2n) is 8.88. The number of methoxy groups -OCH3 is 1. The standard InChI is InChI=1S/C30H34O/c1-3-4-23-5-9-25(10-6-23)27-13-17-29(18-14-27)30-19-15-28(16-20-30)26-11-7-24(8-12-26)21-22-31-2/h3,7-8,11-20,23,25H,1,4-6,9-10,21-22H2,2H3. The zero-order valence-corrected chi connectivity index (χ0v) is 18.7. The highest BCUT2D eigenvalue weighted by atomic mass is 16.5. The number of hydrogen-bond donors (Lipinski definition) is 0. The molecule has 3 aromatic rings. The van der Waals surface area contributed by atoms with Crippen molar-refractivity contribution in [2.75, 3.05) is 13.7 Å². The van der Waals surface area contributed by atoms with Gasteiger partial charge in [-0.2, -0.15) is 0 Å². The Hall–Kier alpha value is -2.64. The first kappa shape index (κ1) is 21.6. The van der Waals surface area contributed by atoms with Crippen LogP contribution in [0.25, 0.3) is 22.3 Å². The van der Waals surface area contributed by atoms with Gasteiger partial charge in [0.2, 0.25) is 0 Å². The Bertz CT molecular complexity index is 943. The van der Waals surface area contributed by atoms with Crippen molar-refractivity contribution in [2.24, 2.45) is 5.92 Å². The van der Waals surface area contributed by atoms with Gasteiger partial charge >= 0.3 is 0 Å². The van der Waals surface area contributed by atoms with Gasteiger partial charge in [-0.05, 0) is 83.7 Å². The van der Waals surface area contributed by atoms with Crippen molar-refractivity contribution in [2.45, 2.75) is 44.4 Å². The molecule has 31 heavy (non-hydrogen) atoms. The fourth-order valence-corrected chi connectivity index (χ4v) is 4.85. The van der Waals surface area contributed by atoms with Crippen LogP contribution in [0.3, 0.4) is 0 Å². The molecule has 0 N–H and O–H groups in total. The molecule has 0 heterocycles. The van der Waals surface area contributed by atoms with Crippen LogP contribution >= 0.6 is 0 Å². The predicted octanol–water partition coefficient (Wildman–Crippen LogP) is 8.06. The highest BCUT2D eigenvalue weighted by Crippen LogP contribution is 2.37. The zero-order chi connectivity index (χ0) is 21.5. The highest BCUT2D eigenvalue weighted by Gasteiger charge is 2.21. The summed E-state index contributed by atoms with van der Waals surface area (Å²) >= 11 is 0. The Kier molecular flexibility index (Phi) is 7.38. The minimum atomic E-state index is 0.726. The number of rotatable bonds is 8. The molecule has 1 heteroatoms. The molecular formula is C30H34O. The fraction of sp³-hybridized carbons (Fsp3) is 0.333. The van der Waals surface area contributed by atoms with Gasteiger partial charge in [0, 0.05) is 7.11 Å². The summed E-state index contributed by atoms with van der Waals surface area (Å²) < 4.78 is 5.17. The minimum Gasteiger partial charge on any atom is -0.384 e. The van der Waals surface area contributed by atoms with Crippen molar-refractivity contribution in [3.05, 3.63) is 96.6 Å². The summed E-state index contributed by atoms with van der Waals surface area (Å²) in [7, 11) is 1.75. The monoisotopic (exact) mass is 410 g/mol. The van der Waals surface area contributed by atoms with Crippen LogP contribution in [0, 0.1) is 5.92 Å². The summed E-state index contributed by atoms with van der Waals surface area (Å²) in [6.45, 7) is 4.67. The van der Waals surface area contributed by atoms with Crippen LogP contribution in [0.15, 0.2) is 85.5 Å². The Labute approximate surface area is 187 Å². The molecule has 1 saturated carbocycles. The first-order valence-electron chi connectivity index (χ1n) is 11.7. The largest absolute Gasteiger partial charge is 0.384 e. The Balaban J connectivity index is 1.39. The third-order valence-electron chi connectivity index (χ3n) is 6.83. The topological polar surface area (TPSA) is 9.23 Å². The molecule has 0 aromatic heterocycles. The quantitative estimate of drug-likeness (QED) is 0.341. The van der Waals surface area contributed by atoms with Crippen molar-refractivity contribution >= 4 is 0 Å². The molecule has 4 rings (SSSR count). The lowest BCUT2D eigenvalue weighted by molar-refractivity contribution is 0.202. The summed E-state index contributed by atoms with van der Waals surface area (Å²) in [5, 5.41) is 0. The van der Waals surface area contributed by atoms with Crippen molar-refractivity contribution in [3.63, 3.8) is 0 Å². The van der Waals surface area contributed by atoms with Crippen molar-refractivity contribution in [1.29, 1.82) is 0 Å². The van der Waals surface area contributed by atoms with Gasteiger partial charge in [0.05, 0.1) is 6.61 Å². The van der Waals surface area contributed by atoms with Crippen LogP contribution in [0.4, 0.5) is 0 Å². The summed E-state index contributed by atoms with van der Waals surface area (Å²) in [6, 6.07) is 27.0. The van der Waals surface area contributed by atoms with Crippen LogP contribution in [0.2, 0.25) is 0 Å². The number of ether oxygens (including phenoxy) is 1. The van der Waals surface area contributed by atoms with Crippen LogP contribution in [-0.4, -0.2) is 13.7 Å². The van der Waals surface area contributed by atoms with Crippen LogP contribution in [0.5, 0.6) is 0 Å². The lowest BCUT2D eigenvalue weighted by Crippen LogP contribution is -2.12. The number of hydrogen-bond acceptors (Lipinski definition) is 1. The van der Waals surface area contributed by atoms with Gasteiger partial charge in [0.1, 0.15) is 0 Å². The van der Waals surface area contributed by atoms with E-state index in [4.69, 9.17) is 4.74 Å². The van der Waals surface area contributed by atoms with E-state index in [-0.39, 0.29) is 0 Å². The van der Waals surface area contributed by atoms with E-state index in [1.165, 1.54) is 65.5 Å². The van der Waals surface area contributed by atoms with Gasteiger partial charge in [-0.15, -0.1) is 6.58 Å². The smallest absolute Gasteiger partial charge is 0.0502 e. The molecule has 0 aliphatic heterocycles. The summed E-state index contributed by atoms with van der Waals surface area (Å²) in [5.74, 6) is 1.58. The Morgan fingerprint density at radius 1 is 0.742 bits per heavy atom. The third kappa shape index (κ3) is 5.54. The minimum absolute atomic E-state index is 0.726. The van der Waals surface area contributed by atoms with E-state index in [0.717, 1.165) is 24.9 Å². The molecule has 3 aromatic carbocycles. The molecule has 0 atom stereocenters. The van der Waals surface area contributed by atoms with Gasteiger partial charge in [0.25, 0.3) is 0 Å². The molecule has 0 radical (unpaired) electrons. The maximum atomic E-state index is 5.17. The van der Waals surface area contributed by atoms with Crippen molar-refractivity contribution < 1.29 is 4.74 Å². The number of allylic oxidation sites excluding steroid dienone is 1. The van der Waals surface area contributed by atoms with E-state index in [1.807, 2.05) is 0 Å². The maximum Gasteiger partial charge on any atom is 0.0502 e. The van der Waals surface area contributed by atoms with E-state index < -0.39 is 0 Å². The lowest BCUT2D eigenvalue weighted by atomic mass is 9.77.